The Morgan fingerprint density at radius 2 is 2.15 bits per heavy atom. The van der Waals surface area contributed by atoms with Gasteiger partial charge in [-0.25, -0.2) is 0 Å². The number of hydrogen-bond donors (Lipinski definition) is 1. The lowest BCUT2D eigenvalue weighted by Gasteiger charge is -2.11. The summed E-state index contributed by atoms with van der Waals surface area (Å²) in [6.45, 7) is 5.95. The van der Waals surface area contributed by atoms with Crippen molar-refractivity contribution >= 4 is 17.5 Å². The first kappa shape index (κ1) is 14.6. The number of rotatable bonds is 4. The van der Waals surface area contributed by atoms with Gasteiger partial charge in [0.15, 0.2) is 0 Å². The maximum atomic E-state index is 12.1. The Kier molecular flexibility index (Phi) is 4.13. The molecule has 0 aliphatic heterocycles. The predicted octanol–water partition coefficient (Wildman–Crippen LogP) is 1.76. The zero-order chi connectivity index (χ0) is 14.9. The number of nitrogens with zero attached hydrogens (tertiary/aromatic N) is 4. The summed E-state index contributed by atoms with van der Waals surface area (Å²) in [5.74, 6) is -0.118. The van der Waals surface area contributed by atoms with Crippen molar-refractivity contribution in [2.75, 3.05) is 0 Å². The fourth-order valence-corrected chi connectivity index (χ4v) is 1.96. The van der Waals surface area contributed by atoms with E-state index in [1.807, 2.05) is 20.0 Å². The molecule has 7 heteroatoms. The van der Waals surface area contributed by atoms with Crippen molar-refractivity contribution in [1.82, 2.24) is 24.9 Å². The van der Waals surface area contributed by atoms with E-state index in [4.69, 9.17) is 11.6 Å². The van der Waals surface area contributed by atoms with E-state index in [2.05, 4.69) is 15.5 Å². The average Bonchev–Trinajstić information content (AvgIpc) is 2.90. The van der Waals surface area contributed by atoms with Crippen molar-refractivity contribution in [3.05, 3.63) is 34.4 Å². The second-order valence-corrected chi connectivity index (χ2v) is 5.24. The monoisotopic (exact) mass is 295 g/mol. The molecular weight excluding hydrogens is 278 g/mol. The van der Waals surface area contributed by atoms with E-state index in [0.717, 1.165) is 11.4 Å². The van der Waals surface area contributed by atoms with Crippen LogP contribution in [0.5, 0.6) is 0 Å². The molecule has 2 rings (SSSR count). The number of carbonyl (C=O) groups excluding carboxylic acids is 1. The lowest BCUT2D eigenvalue weighted by molar-refractivity contribution is -0.124. The second kappa shape index (κ2) is 5.66. The smallest absolute Gasteiger partial charge is 0.244 e. The third kappa shape index (κ3) is 3.01. The van der Waals surface area contributed by atoms with Crippen molar-refractivity contribution < 1.29 is 4.79 Å². The minimum absolute atomic E-state index is 0.118. The number of carbonyl (C=O) groups is 1. The Morgan fingerprint density at radius 3 is 2.65 bits per heavy atom. The number of amides is 1. The van der Waals surface area contributed by atoms with E-state index in [1.165, 1.54) is 0 Å². The molecule has 0 spiro atoms. The molecule has 0 radical (unpaired) electrons. The van der Waals surface area contributed by atoms with Gasteiger partial charge in [-0.05, 0) is 26.8 Å². The zero-order valence-corrected chi connectivity index (χ0v) is 12.8. The molecule has 0 saturated carbocycles. The van der Waals surface area contributed by atoms with Gasteiger partial charge >= 0.3 is 0 Å². The first-order chi connectivity index (χ1) is 9.38. The van der Waals surface area contributed by atoms with Crippen LogP contribution < -0.4 is 5.32 Å². The topological polar surface area (TPSA) is 64.7 Å². The summed E-state index contributed by atoms with van der Waals surface area (Å²) in [5, 5.41) is 11.9. The molecule has 20 heavy (non-hydrogen) atoms. The Labute approximate surface area is 122 Å². The van der Waals surface area contributed by atoms with Crippen molar-refractivity contribution in [2.45, 2.75) is 33.4 Å². The Balaban J connectivity index is 1.97. The van der Waals surface area contributed by atoms with Crippen LogP contribution in [0.25, 0.3) is 0 Å². The molecule has 1 N–H and O–H groups in total. The number of aryl methyl sites for hydroxylation is 3. The van der Waals surface area contributed by atoms with Gasteiger partial charge in [-0.2, -0.15) is 10.2 Å². The number of nitrogens with one attached hydrogen (secondary N) is 1. The summed E-state index contributed by atoms with van der Waals surface area (Å²) in [4.78, 5) is 12.1. The molecule has 0 fully saturated rings. The van der Waals surface area contributed by atoms with Gasteiger partial charge in [-0.1, -0.05) is 11.6 Å². The van der Waals surface area contributed by atoms with Crippen LogP contribution in [0.15, 0.2) is 12.3 Å². The molecule has 1 atom stereocenters. The van der Waals surface area contributed by atoms with Gasteiger partial charge in [-0.15, -0.1) is 0 Å². The fourth-order valence-electron chi connectivity index (χ4n) is 1.82. The van der Waals surface area contributed by atoms with Gasteiger partial charge in [0, 0.05) is 18.9 Å². The van der Waals surface area contributed by atoms with Gasteiger partial charge in [0.25, 0.3) is 0 Å². The summed E-state index contributed by atoms with van der Waals surface area (Å²) < 4.78 is 3.35. The Hall–Kier alpha value is -1.82. The Bertz CT molecular complexity index is 592. The van der Waals surface area contributed by atoms with Crippen LogP contribution in [-0.2, 0) is 18.4 Å². The molecule has 0 saturated heterocycles. The van der Waals surface area contributed by atoms with Crippen LogP contribution in [0.4, 0.5) is 0 Å². The minimum atomic E-state index is -0.411. The molecule has 1 amide bonds. The third-order valence-corrected chi connectivity index (χ3v) is 3.61. The predicted molar refractivity (Wildman–Crippen MR) is 76.5 cm³/mol. The quantitative estimate of drug-likeness (QED) is 0.935. The van der Waals surface area contributed by atoms with Crippen LogP contribution >= 0.6 is 11.6 Å². The van der Waals surface area contributed by atoms with Crippen molar-refractivity contribution in [3.8, 4) is 0 Å². The molecule has 0 aliphatic rings. The van der Waals surface area contributed by atoms with Crippen LogP contribution in [-0.4, -0.2) is 25.5 Å². The highest BCUT2D eigenvalue weighted by molar-refractivity contribution is 6.31. The van der Waals surface area contributed by atoms with E-state index in [-0.39, 0.29) is 5.91 Å². The molecule has 1 unspecified atom stereocenters. The average molecular weight is 296 g/mol. The molecule has 2 heterocycles. The summed E-state index contributed by atoms with van der Waals surface area (Å²) in [7, 11) is 1.87. The number of hydrogen-bond acceptors (Lipinski definition) is 3. The van der Waals surface area contributed by atoms with Gasteiger partial charge in [-0.3, -0.25) is 14.2 Å². The van der Waals surface area contributed by atoms with E-state index in [0.29, 0.717) is 17.3 Å². The normalized spacial score (nSPS) is 12.4. The molecule has 108 valence electrons. The molecule has 2 aromatic heterocycles. The van der Waals surface area contributed by atoms with Crippen LogP contribution in [0.1, 0.15) is 30.0 Å². The summed E-state index contributed by atoms with van der Waals surface area (Å²) >= 11 is 5.94. The van der Waals surface area contributed by atoms with E-state index in [1.54, 1.807) is 29.4 Å². The molecule has 0 aliphatic carbocycles. The minimum Gasteiger partial charge on any atom is -0.349 e. The van der Waals surface area contributed by atoms with Crippen molar-refractivity contribution in [2.24, 2.45) is 7.05 Å². The SMILES string of the molecule is Cc1nn(C(C)C(=O)NCc2cc(C)n(C)n2)cc1Cl. The van der Waals surface area contributed by atoms with Gasteiger partial charge in [0.1, 0.15) is 6.04 Å². The fraction of sp³-hybridized carbons (Fsp3) is 0.462. The van der Waals surface area contributed by atoms with Crippen LogP contribution in [0.2, 0.25) is 5.02 Å². The lowest BCUT2D eigenvalue weighted by Crippen LogP contribution is -2.31. The molecule has 2 aromatic rings. The third-order valence-electron chi connectivity index (χ3n) is 3.24. The van der Waals surface area contributed by atoms with Gasteiger partial charge < -0.3 is 5.32 Å². The van der Waals surface area contributed by atoms with Gasteiger partial charge in [0.05, 0.1) is 23.0 Å². The van der Waals surface area contributed by atoms with Crippen LogP contribution in [0, 0.1) is 13.8 Å². The number of halogens is 1. The van der Waals surface area contributed by atoms with E-state index >= 15 is 0 Å². The van der Waals surface area contributed by atoms with E-state index in [9.17, 15) is 4.79 Å². The molecule has 6 nitrogen and oxygen atoms in total. The summed E-state index contributed by atoms with van der Waals surface area (Å²) in [6, 6.07) is 1.53. The first-order valence-electron chi connectivity index (χ1n) is 6.37. The zero-order valence-electron chi connectivity index (χ0n) is 12.0. The second-order valence-electron chi connectivity index (χ2n) is 4.84. The maximum Gasteiger partial charge on any atom is 0.244 e. The highest BCUT2D eigenvalue weighted by Crippen LogP contribution is 2.15. The standard InChI is InChI=1S/C13H18ClN5O/c1-8-5-11(17-18(8)4)6-15-13(20)10(3)19-7-12(14)9(2)16-19/h5,7,10H,6H2,1-4H3,(H,15,20). The largest absolute Gasteiger partial charge is 0.349 e. The van der Waals surface area contributed by atoms with Crippen molar-refractivity contribution in [1.29, 1.82) is 0 Å². The van der Waals surface area contributed by atoms with Crippen molar-refractivity contribution in [3.63, 3.8) is 0 Å². The molecule has 0 bridgehead atoms. The summed E-state index contributed by atoms with van der Waals surface area (Å²) in [5.41, 5.74) is 2.60. The lowest BCUT2D eigenvalue weighted by atomic mass is 10.3. The van der Waals surface area contributed by atoms with Crippen LogP contribution in [0.3, 0.4) is 0 Å². The molecule has 0 aromatic carbocycles. The maximum absolute atomic E-state index is 12.1. The van der Waals surface area contributed by atoms with Gasteiger partial charge in [0.2, 0.25) is 5.91 Å². The first-order valence-corrected chi connectivity index (χ1v) is 6.74. The highest BCUT2D eigenvalue weighted by atomic mass is 35.5. The van der Waals surface area contributed by atoms with E-state index < -0.39 is 6.04 Å². The molecular formula is C13H18ClN5O. The number of aromatic nitrogens is 4. The summed E-state index contributed by atoms with van der Waals surface area (Å²) in [6.07, 6.45) is 1.66. The Morgan fingerprint density at radius 1 is 1.45 bits per heavy atom. The highest BCUT2D eigenvalue weighted by Gasteiger charge is 2.17.